The number of pyridine rings is 1. The average Bonchev–Trinajstić information content (AvgIpc) is 3.09. The summed E-state index contributed by atoms with van der Waals surface area (Å²) >= 11 is 6.79. The lowest BCUT2D eigenvalue weighted by Crippen LogP contribution is -2.47. The van der Waals surface area contributed by atoms with Gasteiger partial charge in [-0.05, 0) is 42.7 Å². The highest BCUT2D eigenvalue weighted by Crippen LogP contribution is 2.26. The number of hydrogen-bond acceptors (Lipinski definition) is 5. The SMILES string of the molecule is CC1NC(=S)NC(c2cccs2)=C1C(=O)/C=C/Nc1ccccn1. The molecule has 1 aliphatic heterocycles. The van der Waals surface area contributed by atoms with Crippen molar-refractivity contribution < 1.29 is 4.79 Å². The van der Waals surface area contributed by atoms with E-state index in [-0.39, 0.29) is 11.8 Å². The third-order valence-electron chi connectivity index (χ3n) is 3.45. The molecule has 0 radical (unpaired) electrons. The second-order valence-corrected chi connectivity index (χ2v) is 6.50. The first kappa shape index (κ1) is 16.4. The quantitative estimate of drug-likeness (QED) is 0.565. The third kappa shape index (κ3) is 3.69. The van der Waals surface area contributed by atoms with E-state index in [9.17, 15) is 4.79 Å². The highest BCUT2D eigenvalue weighted by Gasteiger charge is 2.27. The van der Waals surface area contributed by atoms with Crippen LogP contribution in [0.15, 0.2) is 59.8 Å². The minimum atomic E-state index is -0.164. The number of thiocarbonyl (C=S) groups is 1. The first-order chi connectivity index (χ1) is 11.6. The number of nitrogens with one attached hydrogen (secondary N) is 3. The summed E-state index contributed by atoms with van der Waals surface area (Å²) in [4.78, 5) is 17.8. The van der Waals surface area contributed by atoms with Crippen LogP contribution in [0.25, 0.3) is 5.70 Å². The predicted octanol–water partition coefficient (Wildman–Crippen LogP) is 2.92. The Labute approximate surface area is 149 Å². The van der Waals surface area contributed by atoms with Crippen molar-refractivity contribution in [1.82, 2.24) is 15.6 Å². The summed E-state index contributed by atoms with van der Waals surface area (Å²) in [6.45, 7) is 1.92. The van der Waals surface area contributed by atoms with Gasteiger partial charge in [-0.2, -0.15) is 0 Å². The molecule has 0 bridgehead atoms. The van der Waals surface area contributed by atoms with Crippen molar-refractivity contribution in [3.05, 3.63) is 64.6 Å². The van der Waals surface area contributed by atoms with Crippen molar-refractivity contribution in [3.8, 4) is 0 Å². The number of carbonyl (C=O) groups excluding carboxylic acids is 1. The smallest absolute Gasteiger partial charge is 0.187 e. The van der Waals surface area contributed by atoms with Gasteiger partial charge >= 0.3 is 0 Å². The van der Waals surface area contributed by atoms with Crippen LogP contribution in [0.1, 0.15) is 11.8 Å². The normalized spacial score (nSPS) is 17.5. The highest BCUT2D eigenvalue weighted by molar-refractivity contribution is 7.80. The molecule has 0 amide bonds. The van der Waals surface area contributed by atoms with Gasteiger partial charge in [0.15, 0.2) is 10.9 Å². The number of rotatable bonds is 5. The van der Waals surface area contributed by atoms with Crippen molar-refractivity contribution in [3.63, 3.8) is 0 Å². The maximum Gasteiger partial charge on any atom is 0.187 e. The molecule has 2 aromatic heterocycles. The van der Waals surface area contributed by atoms with Gasteiger partial charge in [-0.25, -0.2) is 4.98 Å². The van der Waals surface area contributed by atoms with Gasteiger partial charge in [-0.1, -0.05) is 12.1 Å². The van der Waals surface area contributed by atoms with Crippen molar-refractivity contribution in [1.29, 1.82) is 0 Å². The van der Waals surface area contributed by atoms with E-state index in [4.69, 9.17) is 12.2 Å². The van der Waals surface area contributed by atoms with E-state index >= 15 is 0 Å². The standard InChI is InChI=1S/C17H16N4OS2/c1-11-15(12(22)7-9-19-14-6-2-3-8-18-14)16(21-17(23)20-11)13-5-4-10-24-13/h2-11H,1H3,(H,18,19)(H2,20,21,23)/b9-7+. The molecule has 7 heteroatoms. The van der Waals surface area contributed by atoms with E-state index < -0.39 is 0 Å². The number of carbonyl (C=O) groups is 1. The summed E-state index contributed by atoms with van der Waals surface area (Å²) in [5.41, 5.74) is 1.43. The van der Waals surface area contributed by atoms with Gasteiger partial charge in [0.25, 0.3) is 0 Å². The zero-order chi connectivity index (χ0) is 16.9. The molecule has 3 N–H and O–H groups in total. The lowest BCUT2D eigenvalue weighted by molar-refractivity contribution is -0.111. The van der Waals surface area contributed by atoms with Gasteiger partial charge in [0.2, 0.25) is 0 Å². The molecule has 0 spiro atoms. The Bertz CT molecular complexity index is 797. The lowest BCUT2D eigenvalue weighted by Gasteiger charge is -2.28. The predicted molar refractivity (Wildman–Crippen MR) is 102 cm³/mol. The molecular formula is C17H16N4OS2. The first-order valence-electron chi connectivity index (χ1n) is 7.39. The molecule has 1 unspecified atom stereocenters. The van der Waals surface area contributed by atoms with E-state index in [2.05, 4.69) is 20.9 Å². The van der Waals surface area contributed by atoms with Crippen LogP contribution in [0, 0.1) is 0 Å². The molecule has 0 saturated heterocycles. The van der Waals surface area contributed by atoms with Gasteiger partial charge < -0.3 is 16.0 Å². The molecule has 0 fully saturated rings. The summed E-state index contributed by atoms with van der Waals surface area (Å²) in [5.74, 6) is 0.597. The molecule has 122 valence electrons. The number of anilines is 1. The fraction of sp³-hybridized carbons (Fsp3) is 0.118. The van der Waals surface area contributed by atoms with Crippen LogP contribution in [0.3, 0.4) is 0 Å². The van der Waals surface area contributed by atoms with E-state index in [1.807, 2.05) is 42.6 Å². The number of aromatic nitrogens is 1. The summed E-state index contributed by atoms with van der Waals surface area (Å²) in [6.07, 6.45) is 4.79. The Balaban J connectivity index is 1.84. The molecule has 5 nitrogen and oxygen atoms in total. The zero-order valence-corrected chi connectivity index (χ0v) is 14.6. The van der Waals surface area contributed by atoms with Crippen LogP contribution >= 0.6 is 23.6 Å². The van der Waals surface area contributed by atoms with Crippen LogP contribution in [0.5, 0.6) is 0 Å². The number of hydrogen-bond donors (Lipinski definition) is 3. The lowest BCUT2D eigenvalue weighted by atomic mass is 9.98. The minimum Gasteiger partial charge on any atom is -0.356 e. The monoisotopic (exact) mass is 356 g/mol. The van der Waals surface area contributed by atoms with E-state index in [1.54, 1.807) is 23.7 Å². The molecular weight excluding hydrogens is 340 g/mol. The van der Waals surface area contributed by atoms with Crippen LogP contribution in [-0.4, -0.2) is 21.9 Å². The Hall–Kier alpha value is -2.51. The maximum atomic E-state index is 12.7. The molecule has 3 heterocycles. The topological polar surface area (TPSA) is 66.0 Å². The van der Waals surface area contributed by atoms with E-state index in [0.29, 0.717) is 16.5 Å². The van der Waals surface area contributed by atoms with Crippen LogP contribution in [0.4, 0.5) is 5.82 Å². The fourth-order valence-electron chi connectivity index (χ4n) is 2.39. The fourth-order valence-corrected chi connectivity index (χ4v) is 3.41. The average molecular weight is 356 g/mol. The summed E-state index contributed by atoms with van der Waals surface area (Å²) in [7, 11) is 0. The van der Waals surface area contributed by atoms with Crippen molar-refractivity contribution in [2.24, 2.45) is 0 Å². The second-order valence-electron chi connectivity index (χ2n) is 5.14. The molecule has 1 atom stereocenters. The van der Waals surface area contributed by atoms with Crippen molar-refractivity contribution in [2.45, 2.75) is 13.0 Å². The molecule has 3 rings (SSSR count). The van der Waals surface area contributed by atoms with Gasteiger partial charge in [-0.3, -0.25) is 4.79 Å². The van der Waals surface area contributed by atoms with Gasteiger partial charge in [0.05, 0.1) is 16.6 Å². The largest absolute Gasteiger partial charge is 0.356 e. The number of thiophene rings is 1. The van der Waals surface area contributed by atoms with E-state index in [1.165, 1.54) is 6.08 Å². The molecule has 2 aromatic rings. The van der Waals surface area contributed by atoms with Crippen LogP contribution < -0.4 is 16.0 Å². The molecule has 0 saturated carbocycles. The Morgan fingerprint density at radius 1 is 1.38 bits per heavy atom. The van der Waals surface area contributed by atoms with Crippen LogP contribution in [0.2, 0.25) is 0 Å². The summed E-state index contributed by atoms with van der Waals surface area (Å²) < 4.78 is 0. The van der Waals surface area contributed by atoms with Crippen molar-refractivity contribution >= 4 is 46.0 Å². The van der Waals surface area contributed by atoms with Gasteiger partial charge in [0.1, 0.15) is 5.82 Å². The number of nitrogens with zero attached hydrogens (tertiary/aromatic N) is 1. The first-order valence-corrected chi connectivity index (χ1v) is 8.68. The molecule has 0 aromatic carbocycles. The Morgan fingerprint density at radius 2 is 2.25 bits per heavy atom. The Morgan fingerprint density at radius 3 is 2.96 bits per heavy atom. The van der Waals surface area contributed by atoms with Gasteiger partial charge in [-0.15, -0.1) is 11.3 Å². The van der Waals surface area contributed by atoms with E-state index in [0.717, 1.165) is 10.6 Å². The molecule has 1 aliphatic rings. The number of ketones is 1. The summed E-state index contributed by atoms with van der Waals surface area (Å²) in [6, 6.07) is 9.29. The zero-order valence-electron chi connectivity index (χ0n) is 12.9. The molecule has 0 aliphatic carbocycles. The maximum absolute atomic E-state index is 12.7. The van der Waals surface area contributed by atoms with Gasteiger partial charge in [0, 0.05) is 24.0 Å². The van der Waals surface area contributed by atoms with Crippen molar-refractivity contribution in [2.75, 3.05) is 5.32 Å². The summed E-state index contributed by atoms with van der Waals surface area (Å²) in [5, 5.41) is 11.7. The van der Waals surface area contributed by atoms with Crippen LogP contribution in [-0.2, 0) is 4.79 Å². The number of allylic oxidation sites excluding steroid dienone is 1. The molecule has 24 heavy (non-hydrogen) atoms. The minimum absolute atomic E-state index is 0.0863. The Kier molecular flexibility index (Phi) is 5.02. The third-order valence-corrected chi connectivity index (χ3v) is 4.56. The second kappa shape index (κ2) is 7.37. The highest BCUT2D eigenvalue weighted by atomic mass is 32.1.